The van der Waals surface area contributed by atoms with Crippen LogP contribution in [0.2, 0.25) is 0 Å². The highest BCUT2D eigenvalue weighted by molar-refractivity contribution is 9.10. The summed E-state index contributed by atoms with van der Waals surface area (Å²) >= 11 is 3.62. The summed E-state index contributed by atoms with van der Waals surface area (Å²) in [6.45, 7) is 8.08. The number of nitrogens with zero attached hydrogens (tertiary/aromatic N) is 4. The molecular formula is C14H22BrN5. The molecular weight excluding hydrogens is 318 g/mol. The average molecular weight is 340 g/mol. The van der Waals surface area contributed by atoms with E-state index in [1.54, 1.807) is 0 Å². The van der Waals surface area contributed by atoms with Crippen molar-refractivity contribution in [3.05, 3.63) is 33.8 Å². The van der Waals surface area contributed by atoms with E-state index in [9.17, 15) is 0 Å². The summed E-state index contributed by atoms with van der Waals surface area (Å²) in [5.74, 6) is 0. The van der Waals surface area contributed by atoms with Crippen LogP contribution in [0.4, 0.5) is 0 Å². The second-order valence-corrected chi connectivity index (χ2v) is 5.58. The van der Waals surface area contributed by atoms with E-state index in [0.29, 0.717) is 0 Å². The Balaban J connectivity index is 2.49. The van der Waals surface area contributed by atoms with Crippen LogP contribution in [-0.2, 0) is 20.0 Å². The van der Waals surface area contributed by atoms with Gasteiger partial charge in [0.2, 0.25) is 0 Å². The molecule has 2 aromatic heterocycles. The summed E-state index contributed by atoms with van der Waals surface area (Å²) in [4.78, 5) is 0. The first-order valence-electron chi connectivity index (χ1n) is 7.09. The smallest absolute Gasteiger partial charge is 0.0930 e. The Labute approximate surface area is 128 Å². The van der Waals surface area contributed by atoms with E-state index in [2.05, 4.69) is 58.3 Å². The molecule has 0 saturated carbocycles. The monoisotopic (exact) mass is 339 g/mol. The molecule has 0 spiro atoms. The van der Waals surface area contributed by atoms with Crippen LogP contribution in [0, 0.1) is 0 Å². The molecule has 0 fully saturated rings. The van der Waals surface area contributed by atoms with E-state index in [1.807, 2.05) is 22.6 Å². The number of nitrogens with one attached hydrogen (secondary N) is 1. The number of rotatable bonds is 6. The third-order valence-electron chi connectivity index (χ3n) is 3.44. The van der Waals surface area contributed by atoms with Crippen LogP contribution < -0.4 is 5.32 Å². The van der Waals surface area contributed by atoms with Crippen molar-refractivity contribution < 1.29 is 0 Å². The maximum atomic E-state index is 4.56. The quantitative estimate of drug-likeness (QED) is 0.880. The molecule has 0 aliphatic carbocycles. The number of hydrogen-bond donors (Lipinski definition) is 1. The molecule has 20 heavy (non-hydrogen) atoms. The summed E-state index contributed by atoms with van der Waals surface area (Å²) in [7, 11) is 2.00. The topological polar surface area (TPSA) is 47.7 Å². The zero-order valence-corrected chi connectivity index (χ0v) is 14.1. The zero-order valence-electron chi connectivity index (χ0n) is 12.5. The van der Waals surface area contributed by atoms with Gasteiger partial charge in [-0.1, -0.05) is 13.8 Å². The van der Waals surface area contributed by atoms with Crippen molar-refractivity contribution >= 4 is 15.9 Å². The Bertz CT molecular complexity index is 572. The molecule has 1 N–H and O–H groups in total. The summed E-state index contributed by atoms with van der Waals surface area (Å²) in [6, 6.07) is 2.27. The third kappa shape index (κ3) is 2.81. The fourth-order valence-corrected chi connectivity index (χ4v) is 2.97. The Morgan fingerprint density at radius 1 is 1.35 bits per heavy atom. The average Bonchev–Trinajstić information content (AvgIpc) is 2.99. The van der Waals surface area contributed by atoms with Crippen LogP contribution in [0.15, 0.2) is 16.7 Å². The second-order valence-electron chi connectivity index (χ2n) is 4.72. The SMILES string of the molecule is CCNC(c1cc(CC)nn1C)c1c(Br)cnn1CC. The first kappa shape index (κ1) is 15.3. The number of aromatic nitrogens is 4. The Kier molecular flexibility index (Phi) is 4.99. The van der Waals surface area contributed by atoms with Gasteiger partial charge in [0.1, 0.15) is 0 Å². The minimum absolute atomic E-state index is 0.0922. The fourth-order valence-electron chi connectivity index (χ4n) is 2.44. The van der Waals surface area contributed by atoms with Gasteiger partial charge in [-0.3, -0.25) is 9.36 Å². The molecule has 0 bridgehead atoms. The molecule has 1 unspecified atom stereocenters. The van der Waals surface area contributed by atoms with Crippen molar-refractivity contribution in [2.24, 2.45) is 7.05 Å². The van der Waals surface area contributed by atoms with Gasteiger partial charge in [-0.25, -0.2) is 0 Å². The maximum Gasteiger partial charge on any atom is 0.0930 e. The van der Waals surface area contributed by atoms with Crippen LogP contribution in [0.3, 0.4) is 0 Å². The van der Waals surface area contributed by atoms with Crippen LogP contribution in [-0.4, -0.2) is 26.1 Å². The predicted octanol–water partition coefficient (Wildman–Crippen LogP) is 2.66. The van der Waals surface area contributed by atoms with Crippen molar-refractivity contribution in [2.45, 2.75) is 39.8 Å². The van der Waals surface area contributed by atoms with E-state index in [1.165, 1.54) is 5.69 Å². The van der Waals surface area contributed by atoms with Gasteiger partial charge in [-0.05, 0) is 41.9 Å². The van der Waals surface area contributed by atoms with Crippen LogP contribution in [0.5, 0.6) is 0 Å². The molecule has 0 aliphatic rings. The molecule has 2 rings (SSSR count). The molecule has 0 radical (unpaired) electrons. The van der Waals surface area contributed by atoms with E-state index in [4.69, 9.17) is 0 Å². The number of halogens is 1. The van der Waals surface area contributed by atoms with Gasteiger partial charge in [0, 0.05) is 13.6 Å². The standard InChI is InChI=1S/C14H22BrN5/c1-5-10-8-12(19(4)18-10)13(16-6-2)14-11(15)9-17-20(14)7-3/h8-9,13,16H,5-7H2,1-4H3. The largest absolute Gasteiger partial charge is 0.304 e. The summed E-state index contributed by atoms with van der Waals surface area (Å²) in [5.41, 5.74) is 3.43. The van der Waals surface area contributed by atoms with Crippen LogP contribution >= 0.6 is 15.9 Å². The molecule has 2 aromatic rings. The van der Waals surface area contributed by atoms with Gasteiger partial charge in [0.05, 0.1) is 33.8 Å². The summed E-state index contributed by atoms with van der Waals surface area (Å²) in [6.07, 6.45) is 2.81. The zero-order chi connectivity index (χ0) is 14.7. The van der Waals surface area contributed by atoms with Gasteiger partial charge < -0.3 is 5.32 Å². The molecule has 0 saturated heterocycles. The van der Waals surface area contributed by atoms with E-state index in [0.717, 1.165) is 35.4 Å². The van der Waals surface area contributed by atoms with E-state index in [-0.39, 0.29) is 6.04 Å². The molecule has 110 valence electrons. The van der Waals surface area contributed by atoms with Crippen LogP contribution in [0.25, 0.3) is 0 Å². The number of hydrogen-bond acceptors (Lipinski definition) is 3. The highest BCUT2D eigenvalue weighted by Gasteiger charge is 2.24. The molecule has 0 amide bonds. The highest BCUT2D eigenvalue weighted by atomic mass is 79.9. The maximum absolute atomic E-state index is 4.56. The van der Waals surface area contributed by atoms with Crippen molar-refractivity contribution in [3.63, 3.8) is 0 Å². The Morgan fingerprint density at radius 3 is 2.65 bits per heavy atom. The van der Waals surface area contributed by atoms with E-state index >= 15 is 0 Å². The second kappa shape index (κ2) is 6.54. The van der Waals surface area contributed by atoms with Gasteiger partial charge in [-0.15, -0.1) is 0 Å². The van der Waals surface area contributed by atoms with Crippen LogP contribution in [0.1, 0.15) is 43.9 Å². The molecule has 0 aliphatic heterocycles. The molecule has 2 heterocycles. The minimum atomic E-state index is 0.0922. The minimum Gasteiger partial charge on any atom is -0.304 e. The Morgan fingerprint density at radius 2 is 2.10 bits per heavy atom. The molecule has 1 atom stereocenters. The van der Waals surface area contributed by atoms with Crippen molar-refractivity contribution in [1.82, 2.24) is 24.9 Å². The van der Waals surface area contributed by atoms with Crippen molar-refractivity contribution in [1.29, 1.82) is 0 Å². The first-order chi connectivity index (χ1) is 9.62. The highest BCUT2D eigenvalue weighted by Crippen LogP contribution is 2.29. The predicted molar refractivity (Wildman–Crippen MR) is 83.7 cm³/mol. The molecule has 0 aromatic carbocycles. The Hall–Kier alpha value is -1.14. The first-order valence-corrected chi connectivity index (χ1v) is 7.88. The van der Waals surface area contributed by atoms with Gasteiger partial charge in [-0.2, -0.15) is 10.2 Å². The molecule has 6 heteroatoms. The van der Waals surface area contributed by atoms with Gasteiger partial charge >= 0.3 is 0 Å². The summed E-state index contributed by atoms with van der Waals surface area (Å²) in [5, 5.41) is 12.5. The lowest BCUT2D eigenvalue weighted by atomic mass is 10.1. The van der Waals surface area contributed by atoms with Gasteiger partial charge in [0.25, 0.3) is 0 Å². The summed E-state index contributed by atoms with van der Waals surface area (Å²) < 4.78 is 5.02. The van der Waals surface area contributed by atoms with Crippen molar-refractivity contribution in [2.75, 3.05) is 6.54 Å². The van der Waals surface area contributed by atoms with Gasteiger partial charge in [0.15, 0.2) is 0 Å². The lowest BCUT2D eigenvalue weighted by Crippen LogP contribution is -2.27. The molecule has 5 nitrogen and oxygen atoms in total. The lowest BCUT2D eigenvalue weighted by molar-refractivity contribution is 0.513. The normalized spacial score (nSPS) is 12.8. The third-order valence-corrected chi connectivity index (χ3v) is 4.05. The fraction of sp³-hybridized carbons (Fsp3) is 0.571. The van der Waals surface area contributed by atoms with Crippen molar-refractivity contribution in [3.8, 4) is 0 Å². The van der Waals surface area contributed by atoms with E-state index < -0.39 is 0 Å². The number of aryl methyl sites for hydroxylation is 3. The lowest BCUT2D eigenvalue weighted by Gasteiger charge is -2.20.